The summed E-state index contributed by atoms with van der Waals surface area (Å²) in [4.78, 5) is 15.4. The van der Waals surface area contributed by atoms with Crippen LogP contribution in [0.15, 0.2) is 24.3 Å². The van der Waals surface area contributed by atoms with E-state index in [2.05, 4.69) is 29.4 Å². The maximum atomic E-state index is 11.9. The number of hydrogen-bond acceptors (Lipinski definition) is 3. The van der Waals surface area contributed by atoms with Crippen LogP contribution < -0.4 is 17.7 Å². The van der Waals surface area contributed by atoms with Gasteiger partial charge in [-0.3, -0.25) is 10.1 Å². The number of aromatic amines is 1. The molecule has 0 bridgehead atoms. The first-order chi connectivity index (χ1) is 9.20. The average molecular weight is 294 g/mol. The summed E-state index contributed by atoms with van der Waals surface area (Å²) >= 11 is 0. The fraction of sp³-hybridized carbons (Fsp3) is 0.400. The maximum Gasteiger partial charge on any atom is 0.323 e. The number of hydrogen-bond donors (Lipinski definition) is 2. The lowest BCUT2D eigenvalue weighted by Gasteiger charge is -2.27. The Morgan fingerprint density at radius 1 is 1.40 bits per heavy atom. The predicted octanol–water partition coefficient (Wildman–Crippen LogP) is -0.690. The average Bonchev–Trinajstić information content (AvgIpc) is 2.78. The molecule has 1 aromatic carbocycles. The van der Waals surface area contributed by atoms with Crippen LogP contribution in [0, 0.1) is 0 Å². The third kappa shape index (κ3) is 2.41. The van der Waals surface area contributed by atoms with Crippen molar-refractivity contribution in [3.8, 4) is 0 Å². The molecule has 0 amide bonds. The Morgan fingerprint density at radius 2 is 2.15 bits per heavy atom. The minimum absolute atomic E-state index is 0. The van der Waals surface area contributed by atoms with Gasteiger partial charge in [-0.25, -0.2) is 0 Å². The van der Waals surface area contributed by atoms with E-state index in [1.54, 1.807) is 0 Å². The number of fused-ring (bicyclic) bond motifs is 3. The number of para-hydroxylation sites is 1. The second-order valence-corrected chi connectivity index (χ2v) is 4.96. The van der Waals surface area contributed by atoms with Crippen molar-refractivity contribution in [2.45, 2.75) is 32.4 Å². The van der Waals surface area contributed by atoms with Crippen molar-refractivity contribution in [1.29, 1.82) is 0 Å². The van der Waals surface area contributed by atoms with Gasteiger partial charge in [0.15, 0.2) is 0 Å². The Bertz CT molecular complexity index is 623. The molecular formula is C15H18ClN2O2-. The monoisotopic (exact) mass is 293 g/mol. The topological polar surface area (TPSA) is 54.1 Å². The Hall–Kier alpha value is -1.52. The molecule has 5 heteroatoms. The summed E-state index contributed by atoms with van der Waals surface area (Å²) in [5, 5.41) is 4.52. The molecule has 0 aliphatic carbocycles. The first kappa shape index (κ1) is 14.9. The van der Waals surface area contributed by atoms with Gasteiger partial charge in [-0.1, -0.05) is 18.2 Å². The van der Waals surface area contributed by atoms with Crippen LogP contribution in [0.4, 0.5) is 0 Å². The quantitative estimate of drug-likeness (QED) is 0.721. The van der Waals surface area contributed by atoms with Crippen molar-refractivity contribution in [2.24, 2.45) is 0 Å². The van der Waals surface area contributed by atoms with Crippen molar-refractivity contribution in [3.63, 3.8) is 0 Å². The maximum absolute atomic E-state index is 11.9. The fourth-order valence-electron chi connectivity index (χ4n) is 2.85. The van der Waals surface area contributed by atoms with E-state index in [-0.39, 0.29) is 30.5 Å². The summed E-state index contributed by atoms with van der Waals surface area (Å²) in [6, 6.07) is 8.10. The lowest BCUT2D eigenvalue weighted by Crippen LogP contribution is -3.00. The highest BCUT2D eigenvalue weighted by Gasteiger charge is 2.31. The van der Waals surface area contributed by atoms with Gasteiger partial charge in [0.25, 0.3) is 0 Å². The highest BCUT2D eigenvalue weighted by Crippen LogP contribution is 2.31. The third-order valence-electron chi connectivity index (χ3n) is 3.71. The van der Waals surface area contributed by atoms with Gasteiger partial charge in [-0.2, -0.15) is 0 Å². The van der Waals surface area contributed by atoms with E-state index in [1.165, 1.54) is 16.6 Å². The smallest absolute Gasteiger partial charge is 0.323 e. The number of H-pyrrole nitrogens is 1. The molecular weight excluding hydrogens is 276 g/mol. The molecule has 20 heavy (non-hydrogen) atoms. The molecule has 2 heterocycles. The molecule has 0 spiro atoms. The van der Waals surface area contributed by atoms with E-state index in [0.29, 0.717) is 13.0 Å². The summed E-state index contributed by atoms with van der Waals surface area (Å²) in [6.45, 7) is 4.33. The van der Waals surface area contributed by atoms with Gasteiger partial charge in [0.05, 0.1) is 6.61 Å². The second-order valence-electron chi connectivity index (χ2n) is 4.96. The first-order valence-corrected chi connectivity index (χ1v) is 6.73. The van der Waals surface area contributed by atoms with E-state index in [0.717, 1.165) is 5.52 Å². The highest BCUT2D eigenvalue weighted by molar-refractivity contribution is 5.87. The molecule has 2 aromatic rings. The molecule has 3 rings (SSSR count). The molecule has 0 saturated carbocycles. The number of carbonyl (C=O) groups excluding carboxylic acids is 1. The molecule has 1 aliphatic heterocycles. The standard InChI is InChI=1S/C15H18N2O2.ClH/c1-3-19-15(18)13-8-11-10-6-4-5-7-12(10)17-14(11)9(2)16-13;/h4-7,9,13,16-17H,3,8H2,1-2H3;1H/p-1. The highest BCUT2D eigenvalue weighted by atomic mass is 35.5. The van der Waals surface area contributed by atoms with Crippen molar-refractivity contribution in [1.82, 2.24) is 10.3 Å². The molecule has 2 unspecified atom stereocenters. The van der Waals surface area contributed by atoms with Crippen LogP contribution >= 0.6 is 0 Å². The van der Waals surface area contributed by atoms with E-state index in [9.17, 15) is 4.79 Å². The van der Waals surface area contributed by atoms with Gasteiger partial charge in [-0.15, -0.1) is 0 Å². The predicted molar refractivity (Wildman–Crippen MR) is 74.0 cm³/mol. The van der Waals surface area contributed by atoms with E-state index < -0.39 is 0 Å². The van der Waals surface area contributed by atoms with E-state index in [1.807, 2.05) is 19.1 Å². The van der Waals surface area contributed by atoms with Crippen molar-refractivity contribution >= 4 is 16.9 Å². The zero-order chi connectivity index (χ0) is 13.4. The van der Waals surface area contributed by atoms with Crippen LogP contribution in [-0.4, -0.2) is 23.6 Å². The van der Waals surface area contributed by atoms with Crippen LogP contribution in [0.1, 0.15) is 31.1 Å². The Kier molecular flexibility index (Phi) is 4.35. The molecule has 2 N–H and O–H groups in total. The molecule has 4 nitrogen and oxygen atoms in total. The van der Waals surface area contributed by atoms with E-state index >= 15 is 0 Å². The lowest BCUT2D eigenvalue weighted by molar-refractivity contribution is -0.146. The molecule has 1 aromatic heterocycles. The van der Waals surface area contributed by atoms with Gasteiger partial charge in [0, 0.05) is 29.1 Å². The van der Waals surface area contributed by atoms with Crippen molar-refractivity contribution in [3.05, 3.63) is 35.5 Å². The summed E-state index contributed by atoms with van der Waals surface area (Å²) < 4.78 is 5.12. The Balaban J connectivity index is 0.00000147. The number of esters is 1. The number of ether oxygens (including phenoxy) is 1. The van der Waals surface area contributed by atoms with Crippen LogP contribution in [0.2, 0.25) is 0 Å². The minimum atomic E-state index is -0.248. The van der Waals surface area contributed by atoms with Crippen molar-refractivity contribution < 1.29 is 21.9 Å². The number of benzene rings is 1. The Morgan fingerprint density at radius 3 is 2.90 bits per heavy atom. The third-order valence-corrected chi connectivity index (χ3v) is 3.71. The van der Waals surface area contributed by atoms with Crippen LogP contribution in [0.3, 0.4) is 0 Å². The number of aromatic nitrogens is 1. The molecule has 0 saturated heterocycles. The minimum Gasteiger partial charge on any atom is -1.00 e. The normalized spacial score (nSPS) is 21.1. The van der Waals surface area contributed by atoms with Gasteiger partial charge >= 0.3 is 5.97 Å². The van der Waals surface area contributed by atoms with Gasteiger partial charge in [0.1, 0.15) is 6.04 Å². The number of rotatable bonds is 2. The second kappa shape index (κ2) is 5.85. The van der Waals surface area contributed by atoms with Gasteiger partial charge < -0.3 is 22.1 Å². The summed E-state index contributed by atoms with van der Waals surface area (Å²) in [6.07, 6.45) is 0.683. The number of halogens is 1. The molecule has 1 aliphatic rings. The van der Waals surface area contributed by atoms with Crippen LogP contribution in [-0.2, 0) is 16.0 Å². The molecule has 0 fully saturated rings. The molecule has 108 valence electrons. The Labute approximate surface area is 124 Å². The SMILES string of the molecule is CCOC(=O)C1Cc2c([nH]c3ccccc23)C(C)N1.[Cl-]. The number of carbonyl (C=O) groups is 1. The molecule has 2 atom stereocenters. The van der Waals surface area contributed by atoms with Crippen LogP contribution in [0.25, 0.3) is 10.9 Å². The van der Waals surface area contributed by atoms with Gasteiger partial charge in [0.2, 0.25) is 0 Å². The zero-order valence-electron chi connectivity index (χ0n) is 11.6. The molecule has 0 radical (unpaired) electrons. The fourth-order valence-corrected chi connectivity index (χ4v) is 2.85. The van der Waals surface area contributed by atoms with E-state index in [4.69, 9.17) is 4.74 Å². The summed E-state index contributed by atoms with van der Waals surface area (Å²) in [5.74, 6) is -0.162. The summed E-state index contributed by atoms with van der Waals surface area (Å²) in [7, 11) is 0. The van der Waals surface area contributed by atoms with Gasteiger partial charge in [-0.05, 0) is 25.5 Å². The lowest BCUT2D eigenvalue weighted by atomic mass is 9.95. The van der Waals surface area contributed by atoms with Crippen molar-refractivity contribution in [2.75, 3.05) is 6.61 Å². The first-order valence-electron chi connectivity index (χ1n) is 6.73. The zero-order valence-corrected chi connectivity index (χ0v) is 12.3. The summed E-state index contributed by atoms with van der Waals surface area (Å²) in [5.41, 5.74) is 3.55. The number of nitrogens with one attached hydrogen (secondary N) is 2. The van der Waals surface area contributed by atoms with Crippen LogP contribution in [0.5, 0.6) is 0 Å². The largest absolute Gasteiger partial charge is 1.00 e.